The van der Waals surface area contributed by atoms with Crippen LogP contribution in [0.3, 0.4) is 0 Å². The van der Waals surface area contributed by atoms with Crippen molar-refractivity contribution in [1.82, 2.24) is 9.47 Å². The van der Waals surface area contributed by atoms with E-state index in [1.165, 1.54) is 10.5 Å². The molecule has 0 aliphatic rings. The van der Waals surface area contributed by atoms with E-state index in [4.69, 9.17) is 0 Å². The van der Waals surface area contributed by atoms with E-state index in [-0.39, 0.29) is 11.5 Å². The molecular weight excluding hydrogens is 402 g/mol. The van der Waals surface area contributed by atoms with Crippen molar-refractivity contribution in [2.24, 2.45) is 0 Å². The van der Waals surface area contributed by atoms with Crippen molar-refractivity contribution in [2.45, 2.75) is 13.5 Å². The number of carbonyl (C=O) groups is 1. The van der Waals surface area contributed by atoms with Gasteiger partial charge in [0.2, 0.25) is 0 Å². The molecule has 3 rings (SSSR count). The van der Waals surface area contributed by atoms with Crippen LogP contribution in [0.1, 0.15) is 16.8 Å². The molecule has 0 radical (unpaired) electrons. The molecule has 4 nitrogen and oxygen atoms in total. The molecule has 0 saturated heterocycles. The lowest BCUT2D eigenvalue weighted by Crippen LogP contribution is -2.22. The van der Waals surface area contributed by atoms with Crippen LogP contribution in [-0.2, 0) is 11.3 Å². The van der Waals surface area contributed by atoms with E-state index < -0.39 is 0 Å². The second-order valence-corrected chi connectivity index (χ2v) is 7.51. The summed E-state index contributed by atoms with van der Waals surface area (Å²) in [5.74, 6) is -0.290. The highest BCUT2D eigenvalue weighted by atomic mass is 79.9. The molecule has 5 heteroatoms. The van der Waals surface area contributed by atoms with E-state index in [2.05, 4.69) is 38.7 Å². The summed E-state index contributed by atoms with van der Waals surface area (Å²) in [4.78, 5) is 13.7. The van der Waals surface area contributed by atoms with Gasteiger partial charge < -0.3 is 9.47 Å². The quantitative estimate of drug-likeness (QED) is 0.450. The Bertz CT molecular complexity index is 1070. The molecule has 1 amide bonds. The maximum atomic E-state index is 12.3. The van der Waals surface area contributed by atoms with Gasteiger partial charge in [-0.05, 0) is 36.8 Å². The SMILES string of the molecule is Cc1c(/C=C(/C#N)C(=O)N(C)C)c2ccccc2n1Cc1ccc(Br)cc1. The molecule has 1 aromatic heterocycles. The first kappa shape index (κ1) is 18.9. The van der Waals surface area contributed by atoms with Gasteiger partial charge in [0.1, 0.15) is 11.6 Å². The molecule has 0 bridgehead atoms. The Labute approximate surface area is 167 Å². The Morgan fingerprint density at radius 1 is 1.19 bits per heavy atom. The molecule has 0 N–H and O–H groups in total. The minimum absolute atomic E-state index is 0.134. The van der Waals surface area contributed by atoms with Crippen LogP contribution in [0.15, 0.2) is 58.6 Å². The Hall–Kier alpha value is -2.84. The first-order chi connectivity index (χ1) is 12.9. The zero-order chi connectivity index (χ0) is 19.6. The summed E-state index contributed by atoms with van der Waals surface area (Å²) in [5.41, 5.74) is 4.34. The fraction of sp³-hybridized carbons (Fsp3) is 0.182. The number of benzene rings is 2. The standard InChI is InChI=1S/C22H20BrN3O/c1-15-20(12-17(13-24)22(27)25(2)3)19-6-4-5-7-21(19)26(15)14-16-8-10-18(23)11-9-16/h4-12H,14H2,1-3H3/b17-12-. The highest BCUT2D eigenvalue weighted by Crippen LogP contribution is 2.29. The molecule has 27 heavy (non-hydrogen) atoms. The first-order valence-electron chi connectivity index (χ1n) is 8.58. The van der Waals surface area contributed by atoms with Gasteiger partial charge in [0, 0.05) is 47.3 Å². The Kier molecular flexibility index (Phi) is 5.48. The minimum Gasteiger partial charge on any atom is -0.344 e. The molecule has 0 aliphatic carbocycles. The molecule has 0 atom stereocenters. The van der Waals surface area contributed by atoms with Crippen LogP contribution in [0.4, 0.5) is 0 Å². The van der Waals surface area contributed by atoms with Gasteiger partial charge in [-0.25, -0.2) is 0 Å². The molecule has 136 valence electrons. The van der Waals surface area contributed by atoms with Crippen LogP contribution in [0.2, 0.25) is 0 Å². The Balaban J connectivity index is 2.15. The molecule has 0 aliphatic heterocycles. The molecule has 0 unspecified atom stereocenters. The van der Waals surface area contributed by atoms with Crippen LogP contribution >= 0.6 is 15.9 Å². The minimum atomic E-state index is -0.290. The van der Waals surface area contributed by atoms with Crippen LogP contribution in [0.5, 0.6) is 0 Å². The largest absolute Gasteiger partial charge is 0.344 e. The summed E-state index contributed by atoms with van der Waals surface area (Å²) < 4.78 is 3.27. The molecular formula is C22H20BrN3O. The molecule has 2 aromatic carbocycles. The molecule has 3 aromatic rings. The number of halogens is 1. The molecule has 0 saturated carbocycles. The number of hydrogen-bond acceptors (Lipinski definition) is 2. The van der Waals surface area contributed by atoms with Gasteiger partial charge in [-0.1, -0.05) is 46.3 Å². The van der Waals surface area contributed by atoms with Gasteiger partial charge in [0.05, 0.1) is 0 Å². The number of para-hydroxylation sites is 1. The number of nitrogens with zero attached hydrogens (tertiary/aromatic N) is 3. The van der Waals surface area contributed by atoms with Crippen molar-refractivity contribution >= 4 is 38.8 Å². The van der Waals surface area contributed by atoms with Crippen molar-refractivity contribution in [1.29, 1.82) is 5.26 Å². The number of rotatable bonds is 4. The van der Waals surface area contributed by atoms with Gasteiger partial charge in [0.15, 0.2) is 0 Å². The fourth-order valence-electron chi connectivity index (χ4n) is 3.14. The summed E-state index contributed by atoms with van der Waals surface area (Å²) >= 11 is 3.47. The molecule has 1 heterocycles. The smallest absolute Gasteiger partial charge is 0.264 e. The summed E-state index contributed by atoms with van der Waals surface area (Å²) in [6.07, 6.45) is 1.71. The maximum Gasteiger partial charge on any atom is 0.264 e. The van der Waals surface area contributed by atoms with Crippen LogP contribution in [-0.4, -0.2) is 29.5 Å². The number of carbonyl (C=O) groups excluding carboxylic acids is 1. The molecule has 0 fully saturated rings. The average molecular weight is 422 g/mol. The summed E-state index contributed by atoms with van der Waals surface area (Å²) in [6.45, 7) is 2.75. The third-order valence-corrected chi connectivity index (χ3v) is 5.11. The zero-order valence-electron chi connectivity index (χ0n) is 15.5. The van der Waals surface area contributed by atoms with Crippen molar-refractivity contribution < 1.29 is 4.79 Å². The van der Waals surface area contributed by atoms with Crippen molar-refractivity contribution in [3.05, 3.63) is 75.4 Å². The van der Waals surface area contributed by atoms with Crippen molar-refractivity contribution in [3.63, 3.8) is 0 Å². The second kappa shape index (κ2) is 7.81. The van der Waals surface area contributed by atoms with Gasteiger partial charge >= 0.3 is 0 Å². The topological polar surface area (TPSA) is 49.0 Å². The second-order valence-electron chi connectivity index (χ2n) is 6.60. The first-order valence-corrected chi connectivity index (χ1v) is 9.37. The van der Waals surface area contributed by atoms with Crippen LogP contribution in [0, 0.1) is 18.3 Å². The third kappa shape index (κ3) is 3.81. The lowest BCUT2D eigenvalue weighted by atomic mass is 10.1. The number of fused-ring (bicyclic) bond motifs is 1. The van der Waals surface area contributed by atoms with E-state index in [0.717, 1.165) is 33.2 Å². The summed E-state index contributed by atoms with van der Waals surface area (Å²) in [7, 11) is 3.30. The van der Waals surface area contributed by atoms with Crippen molar-refractivity contribution in [3.8, 4) is 6.07 Å². The lowest BCUT2D eigenvalue weighted by molar-refractivity contribution is -0.124. The number of aromatic nitrogens is 1. The number of hydrogen-bond donors (Lipinski definition) is 0. The zero-order valence-corrected chi connectivity index (χ0v) is 17.1. The van der Waals surface area contributed by atoms with E-state index in [9.17, 15) is 10.1 Å². The van der Waals surface area contributed by atoms with Crippen LogP contribution in [0.25, 0.3) is 17.0 Å². The summed E-state index contributed by atoms with van der Waals surface area (Å²) in [6, 6.07) is 18.4. The maximum absolute atomic E-state index is 12.3. The lowest BCUT2D eigenvalue weighted by Gasteiger charge is -2.10. The number of likely N-dealkylation sites (N-methyl/N-ethyl adjacent to an activating group) is 1. The fourth-order valence-corrected chi connectivity index (χ4v) is 3.41. The average Bonchev–Trinajstić information content (AvgIpc) is 2.92. The highest BCUT2D eigenvalue weighted by Gasteiger charge is 2.16. The molecule has 0 spiro atoms. The van der Waals surface area contributed by atoms with E-state index in [1.807, 2.05) is 43.3 Å². The van der Waals surface area contributed by atoms with Gasteiger partial charge in [-0.3, -0.25) is 4.79 Å². The summed E-state index contributed by atoms with van der Waals surface area (Å²) in [5, 5.41) is 10.5. The number of nitriles is 1. The van der Waals surface area contributed by atoms with E-state index in [1.54, 1.807) is 20.2 Å². The van der Waals surface area contributed by atoms with E-state index >= 15 is 0 Å². The predicted molar refractivity (Wildman–Crippen MR) is 112 cm³/mol. The third-order valence-electron chi connectivity index (χ3n) is 4.58. The van der Waals surface area contributed by atoms with Gasteiger partial charge in [0.25, 0.3) is 5.91 Å². The van der Waals surface area contributed by atoms with E-state index in [0.29, 0.717) is 0 Å². The Morgan fingerprint density at radius 2 is 1.85 bits per heavy atom. The predicted octanol–water partition coefficient (Wildman–Crippen LogP) is 4.76. The Morgan fingerprint density at radius 3 is 2.48 bits per heavy atom. The van der Waals surface area contributed by atoms with Gasteiger partial charge in [-0.15, -0.1) is 0 Å². The normalized spacial score (nSPS) is 11.4. The number of amides is 1. The van der Waals surface area contributed by atoms with Crippen molar-refractivity contribution in [2.75, 3.05) is 14.1 Å². The van der Waals surface area contributed by atoms with Crippen LogP contribution < -0.4 is 0 Å². The monoisotopic (exact) mass is 421 g/mol. The highest BCUT2D eigenvalue weighted by molar-refractivity contribution is 9.10. The van der Waals surface area contributed by atoms with Gasteiger partial charge in [-0.2, -0.15) is 5.26 Å².